The van der Waals surface area contributed by atoms with Crippen molar-refractivity contribution < 1.29 is 21.6 Å². The number of halogens is 3. The van der Waals surface area contributed by atoms with Crippen LogP contribution in [0.4, 0.5) is 13.2 Å². The summed E-state index contributed by atoms with van der Waals surface area (Å²) in [5.74, 6) is -0.973. The summed E-state index contributed by atoms with van der Waals surface area (Å²) < 4.78 is 60.7. The van der Waals surface area contributed by atoms with Crippen molar-refractivity contribution in [3.8, 4) is 0 Å². The van der Waals surface area contributed by atoms with Gasteiger partial charge in [-0.25, -0.2) is 26.3 Å². The molecule has 7 heteroatoms. The van der Waals surface area contributed by atoms with Crippen LogP contribution in [0.5, 0.6) is 0 Å². The average Bonchev–Trinajstić information content (AvgIpc) is 2.15. The summed E-state index contributed by atoms with van der Waals surface area (Å²) in [5.41, 5.74) is 0. The van der Waals surface area contributed by atoms with Gasteiger partial charge in [-0.2, -0.15) is 0 Å². The quantitative estimate of drug-likeness (QED) is 0.862. The van der Waals surface area contributed by atoms with E-state index in [9.17, 15) is 21.6 Å². The van der Waals surface area contributed by atoms with Gasteiger partial charge < -0.3 is 0 Å². The van der Waals surface area contributed by atoms with Crippen molar-refractivity contribution in [2.75, 3.05) is 6.54 Å². The minimum Gasteiger partial charge on any atom is -0.209 e. The van der Waals surface area contributed by atoms with E-state index in [1.54, 1.807) is 4.72 Å². The molecule has 0 bridgehead atoms. The van der Waals surface area contributed by atoms with E-state index in [0.29, 0.717) is 0 Å². The Morgan fingerprint density at radius 1 is 1.27 bits per heavy atom. The smallest absolute Gasteiger partial charge is 0.209 e. The predicted molar refractivity (Wildman–Crippen MR) is 47.6 cm³/mol. The molecule has 1 aromatic rings. The Hall–Kier alpha value is -1.08. The summed E-state index contributed by atoms with van der Waals surface area (Å²) in [7, 11) is -4.19. The number of benzene rings is 1. The monoisotopic (exact) mass is 239 g/mol. The van der Waals surface area contributed by atoms with E-state index in [-0.39, 0.29) is 0 Å². The molecule has 0 aliphatic carbocycles. The highest BCUT2D eigenvalue weighted by Crippen LogP contribution is 2.12. The Bertz CT molecular complexity index is 433. The predicted octanol–water partition coefficient (Wildman–Crippen LogP) is 1.37. The topological polar surface area (TPSA) is 46.2 Å². The SMILES string of the molecule is O=S(=O)(NCC(F)F)c1ccccc1F. The van der Waals surface area contributed by atoms with Gasteiger partial charge in [-0.3, -0.25) is 0 Å². The molecule has 0 aromatic heterocycles. The third-order valence-corrected chi connectivity index (χ3v) is 3.01. The minimum absolute atomic E-state index is 0.634. The summed E-state index contributed by atoms with van der Waals surface area (Å²) >= 11 is 0. The normalized spacial score (nSPS) is 12.0. The summed E-state index contributed by atoms with van der Waals surface area (Å²) in [6.07, 6.45) is -2.81. The van der Waals surface area contributed by atoms with Gasteiger partial charge in [-0.05, 0) is 12.1 Å². The number of hydrogen-bond donors (Lipinski definition) is 1. The zero-order chi connectivity index (χ0) is 11.5. The van der Waals surface area contributed by atoms with Crippen molar-refractivity contribution in [2.45, 2.75) is 11.3 Å². The molecule has 1 aromatic carbocycles. The van der Waals surface area contributed by atoms with Gasteiger partial charge in [0.05, 0.1) is 6.54 Å². The fourth-order valence-corrected chi connectivity index (χ4v) is 2.00. The molecule has 0 spiro atoms. The molecular weight excluding hydrogens is 231 g/mol. The molecule has 3 nitrogen and oxygen atoms in total. The summed E-state index contributed by atoms with van der Waals surface area (Å²) in [6, 6.07) is 4.56. The van der Waals surface area contributed by atoms with Gasteiger partial charge in [-0.1, -0.05) is 12.1 Å². The van der Waals surface area contributed by atoms with E-state index in [2.05, 4.69) is 0 Å². The van der Waals surface area contributed by atoms with Crippen LogP contribution in [0.25, 0.3) is 0 Å². The highest BCUT2D eigenvalue weighted by molar-refractivity contribution is 7.89. The average molecular weight is 239 g/mol. The van der Waals surface area contributed by atoms with Crippen LogP contribution < -0.4 is 4.72 Å². The molecule has 0 saturated heterocycles. The van der Waals surface area contributed by atoms with Crippen LogP contribution in [-0.2, 0) is 10.0 Å². The molecule has 0 radical (unpaired) electrons. The van der Waals surface area contributed by atoms with Crippen LogP contribution in [0, 0.1) is 5.82 Å². The Morgan fingerprint density at radius 3 is 2.40 bits per heavy atom. The lowest BCUT2D eigenvalue weighted by molar-refractivity contribution is 0.153. The van der Waals surface area contributed by atoms with Crippen molar-refractivity contribution in [3.05, 3.63) is 30.1 Å². The standard InChI is InChI=1S/C8H8F3NO2S/c9-6-3-1-2-4-7(6)15(13,14)12-5-8(10)11/h1-4,8,12H,5H2. The Balaban J connectivity index is 2.92. The van der Waals surface area contributed by atoms with E-state index in [0.717, 1.165) is 12.1 Å². The molecule has 1 rings (SSSR count). The number of hydrogen-bond acceptors (Lipinski definition) is 2. The maximum absolute atomic E-state index is 13.0. The third kappa shape index (κ3) is 3.21. The van der Waals surface area contributed by atoms with Gasteiger partial charge in [0.2, 0.25) is 10.0 Å². The zero-order valence-corrected chi connectivity index (χ0v) is 8.27. The third-order valence-electron chi connectivity index (χ3n) is 1.55. The van der Waals surface area contributed by atoms with Gasteiger partial charge in [0, 0.05) is 0 Å². The van der Waals surface area contributed by atoms with Crippen LogP contribution in [-0.4, -0.2) is 21.4 Å². The fourth-order valence-electron chi connectivity index (χ4n) is 0.913. The van der Waals surface area contributed by atoms with Crippen LogP contribution >= 0.6 is 0 Å². The molecule has 0 aliphatic heterocycles. The first-order valence-electron chi connectivity index (χ1n) is 3.96. The first-order chi connectivity index (χ1) is 6.93. The summed E-state index contributed by atoms with van der Waals surface area (Å²) in [6.45, 7) is -1.03. The molecule has 84 valence electrons. The number of rotatable bonds is 4. The maximum Gasteiger partial charge on any atom is 0.251 e. The Labute approximate surface area is 85.0 Å². The van der Waals surface area contributed by atoms with Crippen LogP contribution in [0.2, 0.25) is 0 Å². The minimum atomic E-state index is -4.19. The van der Waals surface area contributed by atoms with Crippen molar-refractivity contribution in [3.63, 3.8) is 0 Å². The molecular formula is C8H8F3NO2S. The van der Waals surface area contributed by atoms with Crippen LogP contribution in [0.15, 0.2) is 29.2 Å². The van der Waals surface area contributed by atoms with Crippen LogP contribution in [0.3, 0.4) is 0 Å². The second-order valence-electron chi connectivity index (χ2n) is 2.67. The number of nitrogens with one attached hydrogen (secondary N) is 1. The van der Waals surface area contributed by atoms with Gasteiger partial charge >= 0.3 is 0 Å². The van der Waals surface area contributed by atoms with Gasteiger partial charge in [0.1, 0.15) is 10.7 Å². The summed E-state index contributed by atoms with van der Waals surface area (Å²) in [5, 5.41) is 0. The molecule has 0 aliphatic rings. The van der Waals surface area contributed by atoms with Crippen LogP contribution in [0.1, 0.15) is 0 Å². The fraction of sp³-hybridized carbons (Fsp3) is 0.250. The Kier molecular flexibility index (Phi) is 3.70. The largest absolute Gasteiger partial charge is 0.251 e. The lowest BCUT2D eigenvalue weighted by atomic mass is 10.4. The van der Waals surface area contributed by atoms with Gasteiger partial charge in [-0.15, -0.1) is 0 Å². The second kappa shape index (κ2) is 4.63. The zero-order valence-electron chi connectivity index (χ0n) is 7.45. The van der Waals surface area contributed by atoms with Gasteiger partial charge in [0.15, 0.2) is 0 Å². The maximum atomic E-state index is 13.0. The van der Waals surface area contributed by atoms with E-state index in [1.807, 2.05) is 0 Å². The molecule has 0 fully saturated rings. The second-order valence-corrected chi connectivity index (χ2v) is 4.41. The van der Waals surface area contributed by atoms with E-state index in [1.165, 1.54) is 12.1 Å². The van der Waals surface area contributed by atoms with Crippen molar-refractivity contribution in [2.24, 2.45) is 0 Å². The Morgan fingerprint density at radius 2 is 1.87 bits per heavy atom. The van der Waals surface area contributed by atoms with Crippen molar-refractivity contribution in [1.29, 1.82) is 0 Å². The lowest BCUT2D eigenvalue weighted by Gasteiger charge is -2.06. The highest BCUT2D eigenvalue weighted by atomic mass is 32.2. The molecule has 0 heterocycles. The van der Waals surface area contributed by atoms with Gasteiger partial charge in [0.25, 0.3) is 6.43 Å². The summed E-state index contributed by atoms with van der Waals surface area (Å²) in [4.78, 5) is -0.634. The van der Waals surface area contributed by atoms with E-state index in [4.69, 9.17) is 0 Å². The van der Waals surface area contributed by atoms with E-state index >= 15 is 0 Å². The molecule has 0 amide bonds. The molecule has 0 saturated carbocycles. The van der Waals surface area contributed by atoms with E-state index < -0.39 is 33.7 Å². The van der Waals surface area contributed by atoms with Crippen molar-refractivity contribution in [1.82, 2.24) is 4.72 Å². The molecule has 15 heavy (non-hydrogen) atoms. The molecule has 0 unspecified atom stereocenters. The first kappa shape index (κ1) is 12.0. The van der Waals surface area contributed by atoms with Crippen molar-refractivity contribution >= 4 is 10.0 Å². The number of sulfonamides is 1. The first-order valence-corrected chi connectivity index (χ1v) is 5.44. The number of alkyl halides is 2. The molecule has 0 atom stereocenters. The highest BCUT2D eigenvalue weighted by Gasteiger charge is 2.19. The molecule has 1 N–H and O–H groups in total. The lowest BCUT2D eigenvalue weighted by Crippen LogP contribution is -2.29.